The molecular weight excluding hydrogens is 281 g/mol. The number of hydrogen-bond donors (Lipinski definition) is 1. The van der Waals surface area contributed by atoms with Crippen LogP contribution < -0.4 is 0 Å². The molecule has 2 aromatic rings. The number of alkyl halides is 1. The molecule has 3 rings (SSSR count). The smallest absolute Gasteiger partial charge is 0.237 e. The highest BCUT2D eigenvalue weighted by molar-refractivity contribution is 6.27. The van der Waals surface area contributed by atoms with Gasteiger partial charge in [0, 0.05) is 19.0 Å². The number of aromatic amines is 1. The molecule has 0 atom stereocenters. The maximum atomic E-state index is 13.2. The Bertz CT molecular complexity index is 634. The van der Waals surface area contributed by atoms with Crippen LogP contribution in [0.1, 0.15) is 24.6 Å². The van der Waals surface area contributed by atoms with Gasteiger partial charge in [-0.1, -0.05) is 0 Å². The van der Waals surface area contributed by atoms with Gasteiger partial charge >= 0.3 is 0 Å². The lowest BCUT2D eigenvalue weighted by Gasteiger charge is -2.30. The van der Waals surface area contributed by atoms with Crippen LogP contribution in [0.5, 0.6) is 0 Å². The third-order valence-corrected chi connectivity index (χ3v) is 4.04. The molecular formula is C14H15ClFN3O. The molecule has 1 saturated heterocycles. The third-order valence-electron chi connectivity index (χ3n) is 3.81. The molecule has 1 aromatic carbocycles. The number of carbonyl (C=O) groups excluding carboxylic acids is 1. The number of imidazole rings is 1. The Balaban J connectivity index is 1.75. The Morgan fingerprint density at radius 1 is 1.45 bits per heavy atom. The van der Waals surface area contributed by atoms with Crippen molar-refractivity contribution in [2.45, 2.75) is 18.8 Å². The largest absolute Gasteiger partial charge is 0.342 e. The first-order chi connectivity index (χ1) is 9.67. The third kappa shape index (κ3) is 2.50. The van der Waals surface area contributed by atoms with E-state index < -0.39 is 0 Å². The van der Waals surface area contributed by atoms with Crippen LogP contribution in [0.25, 0.3) is 11.0 Å². The number of likely N-dealkylation sites (tertiary alicyclic amines) is 1. The zero-order chi connectivity index (χ0) is 14.1. The lowest BCUT2D eigenvalue weighted by Crippen LogP contribution is -2.38. The molecule has 106 valence electrons. The number of halogens is 2. The molecule has 0 radical (unpaired) electrons. The summed E-state index contributed by atoms with van der Waals surface area (Å²) in [5, 5.41) is 0. The maximum absolute atomic E-state index is 13.2. The monoisotopic (exact) mass is 295 g/mol. The van der Waals surface area contributed by atoms with Crippen LogP contribution in [0, 0.1) is 5.82 Å². The highest BCUT2D eigenvalue weighted by Crippen LogP contribution is 2.28. The van der Waals surface area contributed by atoms with E-state index in [1.807, 2.05) is 0 Å². The number of H-pyrrole nitrogens is 1. The molecule has 0 aliphatic carbocycles. The van der Waals surface area contributed by atoms with Crippen molar-refractivity contribution in [3.8, 4) is 0 Å². The number of hydrogen-bond acceptors (Lipinski definition) is 2. The number of rotatable bonds is 2. The van der Waals surface area contributed by atoms with E-state index in [-0.39, 0.29) is 23.5 Å². The number of nitrogens with one attached hydrogen (secondary N) is 1. The van der Waals surface area contributed by atoms with Crippen LogP contribution in [0.15, 0.2) is 18.2 Å². The van der Waals surface area contributed by atoms with Crippen molar-refractivity contribution >= 4 is 28.5 Å². The quantitative estimate of drug-likeness (QED) is 0.866. The molecule has 1 aliphatic heterocycles. The van der Waals surface area contributed by atoms with Gasteiger partial charge in [0.05, 0.1) is 11.0 Å². The van der Waals surface area contributed by atoms with Crippen molar-refractivity contribution in [2.75, 3.05) is 19.0 Å². The molecule has 20 heavy (non-hydrogen) atoms. The van der Waals surface area contributed by atoms with Gasteiger partial charge in [-0.2, -0.15) is 0 Å². The fourth-order valence-corrected chi connectivity index (χ4v) is 2.85. The zero-order valence-electron chi connectivity index (χ0n) is 10.9. The fraction of sp³-hybridized carbons (Fsp3) is 0.429. The Morgan fingerprint density at radius 3 is 2.90 bits per heavy atom. The van der Waals surface area contributed by atoms with Crippen molar-refractivity contribution in [3.63, 3.8) is 0 Å². The number of nitrogens with zero attached hydrogens (tertiary/aromatic N) is 2. The topological polar surface area (TPSA) is 49.0 Å². The summed E-state index contributed by atoms with van der Waals surface area (Å²) in [6.07, 6.45) is 1.70. The van der Waals surface area contributed by atoms with Gasteiger partial charge in [-0.05, 0) is 31.0 Å². The summed E-state index contributed by atoms with van der Waals surface area (Å²) in [6, 6.07) is 4.55. The minimum absolute atomic E-state index is 0.0169. The van der Waals surface area contributed by atoms with Crippen LogP contribution in [-0.2, 0) is 4.79 Å². The summed E-state index contributed by atoms with van der Waals surface area (Å²) in [6.45, 7) is 1.39. The number of amides is 1. The van der Waals surface area contributed by atoms with Crippen molar-refractivity contribution in [1.82, 2.24) is 14.9 Å². The number of fused-ring (bicyclic) bond motifs is 1. The van der Waals surface area contributed by atoms with Gasteiger partial charge in [-0.3, -0.25) is 4.79 Å². The first-order valence-electron chi connectivity index (χ1n) is 6.66. The standard InChI is InChI=1S/C14H15ClFN3O/c15-8-13(20)19-5-3-9(4-6-19)14-17-11-2-1-10(16)7-12(11)18-14/h1-2,7,9H,3-6,8H2,(H,17,18). The van der Waals surface area contributed by atoms with Crippen LogP contribution in [-0.4, -0.2) is 39.7 Å². The first-order valence-corrected chi connectivity index (χ1v) is 7.19. The van der Waals surface area contributed by atoms with E-state index >= 15 is 0 Å². The second-order valence-electron chi connectivity index (χ2n) is 5.07. The van der Waals surface area contributed by atoms with E-state index in [4.69, 9.17) is 11.6 Å². The van der Waals surface area contributed by atoms with Gasteiger partial charge in [-0.25, -0.2) is 9.37 Å². The molecule has 1 aliphatic rings. The van der Waals surface area contributed by atoms with Crippen LogP contribution in [0.3, 0.4) is 0 Å². The van der Waals surface area contributed by atoms with Crippen molar-refractivity contribution in [3.05, 3.63) is 29.8 Å². The van der Waals surface area contributed by atoms with Gasteiger partial charge in [0.2, 0.25) is 5.91 Å². The van der Waals surface area contributed by atoms with Crippen LogP contribution in [0.2, 0.25) is 0 Å². The summed E-state index contributed by atoms with van der Waals surface area (Å²) in [7, 11) is 0. The molecule has 6 heteroatoms. The molecule has 2 heterocycles. The molecule has 1 fully saturated rings. The molecule has 0 bridgehead atoms. The summed E-state index contributed by atoms with van der Waals surface area (Å²) >= 11 is 5.56. The molecule has 0 spiro atoms. The van der Waals surface area contributed by atoms with Gasteiger partial charge in [0.25, 0.3) is 0 Å². The first kappa shape index (κ1) is 13.4. The predicted molar refractivity (Wildman–Crippen MR) is 75.3 cm³/mol. The average molecular weight is 296 g/mol. The van der Waals surface area contributed by atoms with Crippen molar-refractivity contribution < 1.29 is 9.18 Å². The summed E-state index contributed by atoms with van der Waals surface area (Å²) in [5.41, 5.74) is 1.50. The highest BCUT2D eigenvalue weighted by Gasteiger charge is 2.25. The second-order valence-corrected chi connectivity index (χ2v) is 5.34. The molecule has 1 amide bonds. The Morgan fingerprint density at radius 2 is 2.20 bits per heavy atom. The van der Waals surface area contributed by atoms with Crippen LogP contribution >= 0.6 is 11.6 Å². The van der Waals surface area contributed by atoms with Gasteiger partial charge in [0.1, 0.15) is 17.5 Å². The van der Waals surface area contributed by atoms with Gasteiger partial charge in [0.15, 0.2) is 0 Å². The molecule has 1 aromatic heterocycles. The van der Waals surface area contributed by atoms with E-state index in [2.05, 4.69) is 9.97 Å². The van der Waals surface area contributed by atoms with Gasteiger partial charge in [-0.15, -0.1) is 11.6 Å². The van der Waals surface area contributed by atoms with E-state index in [1.54, 1.807) is 11.0 Å². The van der Waals surface area contributed by atoms with Crippen molar-refractivity contribution in [1.29, 1.82) is 0 Å². The predicted octanol–water partition coefficient (Wildman–Crippen LogP) is 2.65. The molecule has 0 saturated carbocycles. The summed E-state index contributed by atoms with van der Waals surface area (Å²) in [5.74, 6) is 0.912. The Hall–Kier alpha value is -1.62. The van der Waals surface area contributed by atoms with E-state index in [0.29, 0.717) is 13.1 Å². The minimum Gasteiger partial charge on any atom is -0.342 e. The van der Waals surface area contributed by atoms with E-state index in [9.17, 15) is 9.18 Å². The zero-order valence-corrected chi connectivity index (χ0v) is 11.7. The highest BCUT2D eigenvalue weighted by atomic mass is 35.5. The van der Waals surface area contributed by atoms with E-state index in [1.165, 1.54) is 12.1 Å². The normalized spacial score (nSPS) is 16.8. The second kappa shape index (κ2) is 5.40. The van der Waals surface area contributed by atoms with Gasteiger partial charge < -0.3 is 9.88 Å². The lowest BCUT2D eigenvalue weighted by molar-refractivity contribution is -0.129. The summed E-state index contributed by atoms with van der Waals surface area (Å²) < 4.78 is 13.2. The number of aromatic nitrogens is 2. The Labute approximate surface area is 120 Å². The average Bonchev–Trinajstić information content (AvgIpc) is 2.89. The Kier molecular flexibility index (Phi) is 3.61. The summed E-state index contributed by atoms with van der Waals surface area (Å²) in [4.78, 5) is 21.0. The van der Waals surface area contributed by atoms with E-state index in [0.717, 1.165) is 29.7 Å². The number of piperidine rings is 1. The molecule has 1 N–H and O–H groups in total. The SMILES string of the molecule is O=C(CCl)N1CCC(c2nc3ccc(F)cc3[nH]2)CC1. The fourth-order valence-electron chi connectivity index (χ4n) is 2.68. The molecule has 4 nitrogen and oxygen atoms in total. The lowest BCUT2D eigenvalue weighted by atomic mass is 9.96. The number of benzene rings is 1. The van der Waals surface area contributed by atoms with Crippen molar-refractivity contribution in [2.24, 2.45) is 0 Å². The maximum Gasteiger partial charge on any atom is 0.237 e. The van der Waals surface area contributed by atoms with Crippen LogP contribution in [0.4, 0.5) is 4.39 Å². The minimum atomic E-state index is -0.268. The number of carbonyl (C=O) groups is 1. The molecule has 0 unspecified atom stereocenters.